The smallest absolute Gasteiger partial charge is 0.191 e. The lowest BCUT2D eigenvalue weighted by Gasteiger charge is -2.23. The van der Waals surface area contributed by atoms with Crippen molar-refractivity contribution in [2.24, 2.45) is 12.0 Å². The fourth-order valence-electron chi connectivity index (χ4n) is 3.10. The lowest BCUT2D eigenvalue weighted by Crippen LogP contribution is -2.45. The molecule has 0 spiro atoms. The van der Waals surface area contributed by atoms with Gasteiger partial charge in [-0.2, -0.15) is 0 Å². The highest BCUT2D eigenvalue weighted by atomic mass is 127. The number of hydrogen-bond donors (Lipinski definition) is 3. The van der Waals surface area contributed by atoms with E-state index in [0.29, 0.717) is 24.8 Å². The van der Waals surface area contributed by atoms with Gasteiger partial charge < -0.3 is 29.5 Å². The molecule has 3 rings (SSSR count). The van der Waals surface area contributed by atoms with Crippen molar-refractivity contribution in [2.75, 3.05) is 20.2 Å². The number of rotatable bonds is 9. The van der Waals surface area contributed by atoms with Crippen LogP contribution in [0.15, 0.2) is 45.8 Å². The lowest BCUT2D eigenvalue weighted by atomic mass is 10.0. The summed E-state index contributed by atoms with van der Waals surface area (Å²) in [4.78, 5) is 4.64. The van der Waals surface area contributed by atoms with E-state index < -0.39 is 5.60 Å². The molecule has 0 aliphatic rings. The van der Waals surface area contributed by atoms with Crippen LogP contribution in [0.5, 0.6) is 5.75 Å². The van der Waals surface area contributed by atoms with Crippen molar-refractivity contribution >= 4 is 29.9 Å². The molecule has 10 heteroatoms. The number of ether oxygens (including phenoxy) is 1. The third kappa shape index (κ3) is 7.46. The molecular formula is C23H33IN6O3. The molecule has 33 heavy (non-hydrogen) atoms. The predicted molar refractivity (Wildman–Crippen MR) is 138 cm³/mol. The van der Waals surface area contributed by atoms with Gasteiger partial charge in [0.05, 0.1) is 13.7 Å². The van der Waals surface area contributed by atoms with E-state index in [2.05, 4.69) is 25.8 Å². The van der Waals surface area contributed by atoms with Crippen molar-refractivity contribution in [3.8, 4) is 5.75 Å². The lowest BCUT2D eigenvalue weighted by molar-refractivity contribution is 0.0378. The summed E-state index contributed by atoms with van der Waals surface area (Å²) in [5, 5.41) is 25.6. The van der Waals surface area contributed by atoms with Gasteiger partial charge in [0.1, 0.15) is 35.2 Å². The molecule has 3 N–H and O–H groups in total. The highest BCUT2D eigenvalue weighted by molar-refractivity contribution is 14.0. The van der Waals surface area contributed by atoms with Gasteiger partial charge in [-0.15, -0.1) is 34.2 Å². The van der Waals surface area contributed by atoms with Crippen molar-refractivity contribution in [1.29, 1.82) is 0 Å². The van der Waals surface area contributed by atoms with E-state index in [0.717, 1.165) is 29.6 Å². The van der Waals surface area contributed by atoms with Gasteiger partial charge in [0.25, 0.3) is 0 Å². The zero-order chi connectivity index (χ0) is 23.1. The zero-order valence-electron chi connectivity index (χ0n) is 19.8. The standard InChI is InChI=1S/C23H32N6O3.HI/c1-16-6-11-20(32-16)23(3,30)15-26-22(25-14-21-28-27-17(2)29(21)4)24-13-12-18-7-9-19(31-5)10-8-18;/h6-11,30H,12-15H2,1-5H3,(H2,24,25,26);1H. The number of hydrogen-bond acceptors (Lipinski definition) is 6. The predicted octanol–water partition coefficient (Wildman–Crippen LogP) is 2.84. The minimum atomic E-state index is -1.19. The van der Waals surface area contributed by atoms with Crippen LogP contribution in [0.1, 0.15) is 35.7 Å². The van der Waals surface area contributed by atoms with Gasteiger partial charge in [0.2, 0.25) is 0 Å². The molecule has 0 aliphatic carbocycles. The Morgan fingerprint density at radius 2 is 1.88 bits per heavy atom. The number of aryl methyl sites for hydroxylation is 2. The van der Waals surface area contributed by atoms with Crippen molar-refractivity contribution < 1.29 is 14.3 Å². The van der Waals surface area contributed by atoms with Crippen molar-refractivity contribution in [1.82, 2.24) is 25.4 Å². The number of halogens is 1. The first-order chi connectivity index (χ1) is 15.3. The highest BCUT2D eigenvalue weighted by Gasteiger charge is 2.27. The van der Waals surface area contributed by atoms with E-state index in [1.807, 2.05) is 55.8 Å². The summed E-state index contributed by atoms with van der Waals surface area (Å²) in [5.41, 5.74) is -0.00623. The van der Waals surface area contributed by atoms with Crippen molar-refractivity contribution in [3.63, 3.8) is 0 Å². The highest BCUT2D eigenvalue weighted by Crippen LogP contribution is 2.21. The minimum Gasteiger partial charge on any atom is -0.497 e. The van der Waals surface area contributed by atoms with E-state index in [4.69, 9.17) is 9.15 Å². The Labute approximate surface area is 211 Å². The molecule has 180 valence electrons. The van der Waals surface area contributed by atoms with E-state index in [9.17, 15) is 5.11 Å². The second-order valence-corrected chi connectivity index (χ2v) is 7.95. The number of benzene rings is 1. The van der Waals surface area contributed by atoms with Crippen LogP contribution in [0.4, 0.5) is 0 Å². The number of nitrogens with zero attached hydrogens (tertiary/aromatic N) is 4. The van der Waals surface area contributed by atoms with Crippen molar-refractivity contribution in [3.05, 3.63) is 65.1 Å². The normalized spacial score (nSPS) is 13.2. The summed E-state index contributed by atoms with van der Waals surface area (Å²) in [5.74, 6) is 4.25. The Morgan fingerprint density at radius 1 is 1.15 bits per heavy atom. The van der Waals surface area contributed by atoms with Crippen LogP contribution in [0, 0.1) is 13.8 Å². The molecule has 1 atom stereocenters. The molecule has 3 aromatic rings. The maximum absolute atomic E-state index is 10.9. The van der Waals surface area contributed by atoms with Crippen LogP contribution < -0.4 is 15.4 Å². The van der Waals surface area contributed by atoms with E-state index in [1.54, 1.807) is 20.1 Å². The van der Waals surface area contributed by atoms with Gasteiger partial charge in [-0.05, 0) is 57.0 Å². The minimum absolute atomic E-state index is 0. The molecule has 0 fully saturated rings. The molecule has 0 saturated carbocycles. The Kier molecular flexibility index (Phi) is 9.71. The van der Waals surface area contributed by atoms with Gasteiger partial charge in [-0.25, -0.2) is 4.99 Å². The number of aliphatic hydroxyl groups is 1. The van der Waals surface area contributed by atoms with Crippen LogP contribution in [-0.2, 0) is 25.6 Å². The number of guanidine groups is 1. The molecule has 0 saturated heterocycles. The molecular weight excluding hydrogens is 535 g/mol. The average molecular weight is 568 g/mol. The van der Waals surface area contributed by atoms with Crippen LogP contribution in [0.2, 0.25) is 0 Å². The number of methoxy groups -OCH3 is 1. The molecule has 0 radical (unpaired) electrons. The molecule has 2 aromatic heterocycles. The zero-order valence-corrected chi connectivity index (χ0v) is 22.1. The summed E-state index contributed by atoms with van der Waals surface area (Å²) in [6.07, 6.45) is 0.807. The molecule has 0 amide bonds. The Balaban J connectivity index is 0.00000385. The fraction of sp³-hybridized carbons (Fsp3) is 0.435. The van der Waals surface area contributed by atoms with Gasteiger partial charge in [-0.1, -0.05) is 12.1 Å². The first kappa shape index (κ1) is 26.7. The maximum Gasteiger partial charge on any atom is 0.191 e. The topological polar surface area (TPSA) is 110 Å². The Morgan fingerprint density at radius 3 is 2.45 bits per heavy atom. The number of nitrogens with one attached hydrogen (secondary N) is 2. The van der Waals surface area contributed by atoms with E-state index in [1.165, 1.54) is 5.56 Å². The van der Waals surface area contributed by atoms with Crippen molar-refractivity contribution in [2.45, 2.75) is 39.3 Å². The van der Waals surface area contributed by atoms with E-state index in [-0.39, 0.29) is 30.5 Å². The van der Waals surface area contributed by atoms with Crippen LogP contribution in [-0.4, -0.2) is 46.0 Å². The summed E-state index contributed by atoms with van der Waals surface area (Å²) in [6.45, 7) is 6.71. The Bertz CT molecular complexity index is 1040. The molecule has 1 aromatic carbocycles. The van der Waals surface area contributed by atoms with Gasteiger partial charge in [0, 0.05) is 13.6 Å². The second-order valence-electron chi connectivity index (χ2n) is 7.95. The second kappa shape index (κ2) is 12.0. The Hall–Kier alpha value is -2.60. The summed E-state index contributed by atoms with van der Waals surface area (Å²) >= 11 is 0. The summed E-state index contributed by atoms with van der Waals surface area (Å²) < 4.78 is 12.7. The quantitative estimate of drug-likeness (QED) is 0.207. The first-order valence-electron chi connectivity index (χ1n) is 10.6. The summed E-state index contributed by atoms with van der Waals surface area (Å²) in [6, 6.07) is 11.6. The third-order valence-electron chi connectivity index (χ3n) is 5.30. The average Bonchev–Trinajstić information content (AvgIpc) is 3.36. The molecule has 0 bridgehead atoms. The molecule has 2 heterocycles. The number of aliphatic imine (C=N–C) groups is 1. The van der Waals surface area contributed by atoms with Gasteiger partial charge in [0.15, 0.2) is 11.8 Å². The molecule has 1 unspecified atom stereocenters. The molecule has 9 nitrogen and oxygen atoms in total. The fourth-order valence-corrected chi connectivity index (χ4v) is 3.10. The maximum atomic E-state index is 10.9. The monoisotopic (exact) mass is 568 g/mol. The molecule has 0 aliphatic heterocycles. The number of aromatic nitrogens is 3. The SMILES string of the molecule is COc1ccc(CCNC(=NCc2nnc(C)n2C)NCC(C)(O)c2ccc(C)o2)cc1.I. The first-order valence-corrected chi connectivity index (χ1v) is 10.6. The van der Waals surface area contributed by atoms with Crippen LogP contribution in [0.3, 0.4) is 0 Å². The third-order valence-corrected chi connectivity index (χ3v) is 5.30. The summed E-state index contributed by atoms with van der Waals surface area (Å²) in [7, 11) is 3.57. The van der Waals surface area contributed by atoms with Gasteiger partial charge >= 0.3 is 0 Å². The number of furan rings is 1. The van der Waals surface area contributed by atoms with Gasteiger partial charge in [-0.3, -0.25) is 0 Å². The van der Waals surface area contributed by atoms with Crippen LogP contribution in [0.25, 0.3) is 0 Å². The van der Waals surface area contributed by atoms with E-state index >= 15 is 0 Å². The van der Waals surface area contributed by atoms with Crippen LogP contribution >= 0.6 is 24.0 Å². The largest absolute Gasteiger partial charge is 0.497 e.